The highest BCUT2D eigenvalue weighted by Gasteiger charge is 2.17. The van der Waals surface area contributed by atoms with Crippen molar-refractivity contribution in [1.82, 2.24) is 24.6 Å². The van der Waals surface area contributed by atoms with Gasteiger partial charge in [0.25, 0.3) is 5.91 Å². The van der Waals surface area contributed by atoms with E-state index in [0.29, 0.717) is 18.0 Å². The lowest BCUT2D eigenvalue weighted by molar-refractivity contribution is -0.137. The first-order chi connectivity index (χ1) is 14.9. The second-order valence-electron chi connectivity index (χ2n) is 7.17. The van der Waals surface area contributed by atoms with Crippen LogP contribution in [0.3, 0.4) is 0 Å². The van der Waals surface area contributed by atoms with Crippen molar-refractivity contribution < 1.29 is 14.7 Å². The minimum Gasteiger partial charge on any atom is -0.481 e. The smallest absolute Gasteiger partial charge is 0.303 e. The molecule has 0 aliphatic rings. The van der Waals surface area contributed by atoms with Crippen LogP contribution in [0, 0.1) is 6.92 Å². The van der Waals surface area contributed by atoms with E-state index in [0.717, 1.165) is 28.6 Å². The SMILES string of the molecule is Cc1cc(-n2ccnc2)ccc1CSc1nnc(C(=O)N(C)CCCCCC(=O)O)s1. The second-order valence-corrected chi connectivity index (χ2v) is 9.37. The molecule has 3 rings (SSSR count). The van der Waals surface area contributed by atoms with E-state index in [2.05, 4.69) is 40.3 Å². The molecule has 0 saturated carbocycles. The largest absolute Gasteiger partial charge is 0.481 e. The molecule has 1 aromatic carbocycles. The number of hydrogen-bond donors (Lipinski definition) is 1. The number of carboxylic acids is 1. The molecule has 0 radical (unpaired) electrons. The van der Waals surface area contributed by atoms with Crippen LogP contribution < -0.4 is 0 Å². The van der Waals surface area contributed by atoms with Crippen LogP contribution in [0.4, 0.5) is 0 Å². The van der Waals surface area contributed by atoms with Gasteiger partial charge in [-0.2, -0.15) is 0 Å². The fourth-order valence-electron chi connectivity index (χ4n) is 2.98. The first-order valence-electron chi connectivity index (χ1n) is 9.95. The quantitative estimate of drug-likeness (QED) is 0.341. The molecule has 0 spiro atoms. The van der Waals surface area contributed by atoms with E-state index in [1.807, 2.05) is 10.8 Å². The van der Waals surface area contributed by atoms with Gasteiger partial charge in [0.05, 0.1) is 6.33 Å². The summed E-state index contributed by atoms with van der Waals surface area (Å²) in [6, 6.07) is 6.28. The molecule has 2 heterocycles. The van der Waals surface area contributed by atoms with Crippen LogP contribution in [0.5, 0.6) is 0 Å². The van der Waals surface area contributed by atoms with Gasteiger partial charge in [-0.15, -0.1) is 10.2 Å². The van der Waals surface area contributed by atoms with Crippen molar-refractivity contribution in [1.29, 1.82) is 0 Å². The van der Waals surface area contributed by atoms with Crippen LogP contribution in [-0.2, 0) is 10.5 Å². The summed E-state index contributed by atoms with van der Waals surface area (Å²) in [7, 11) is 1.74. The predicted octanol–water partition coefficient (Wildman–Crippen LogP) is 4.04. The van der Waals surface area contributed by atoms with Gasteiger partial charge in [-0.1, -0.05) is 35.6 Å². The number of carboxylic acid groups (broad SMARTS) is 1. The Morgan fingerprint density at radius 3 is 2.77 bits per heavy atom. The standard InChI is InChI=1S/C21H25N5O3S2/c1-15-12-17(26-11-9-22-14-26)8-7-16(15)13-30-21-24-23-19(31-21)20(29)25(2)10-5-3-4-6-18(27)28/h7-9,11-12,14H,3-6,10,13H2,1-2H3,(H,27,28). The summed E-state index contributed by atoms with van der Waals surface area (Å²) in [5.74, 6) is -0.186. The maximum Gasteiger partial charge on any atom is 0.303 e. The molecule has 8 nitrogen and oxygen atoms in total. The summed E-state index contributed by atoms with van der Waals surface area (Å²) in [4.78, 5) is 28.8. The van der Waals surface area contributed by atoms with Crippen molar-refractivity contribution in [3.05, 3.63) is 53.1 Å². The zero-order chi connectivity index (χ0) is 22.2. The summed E-state index contributed by atoms with van der Waals surface area (Å²) >= 11 is 2.87. The molecule has 10 heteroatoms. The Bertz CT molecular complexity index is 1020. The number of thioether (sulfide) groups is 1. The topological polar surface area (TPSA) is 101 Å². The lowest BCUT2D eigenvalue weighted by atomic mass is 10.1. The third-order valence-electron chi connectivity index (χ3n) is 4.80. The zero-order valence-electron chi connectivity index (χ0n) is 17.5. The van der Waals surface area contributed by atoms with Gasteiger partial charge in [0.1, 0.15) is 0 Å². The van der Waals surface area contributed by atoms with E-state index in [1.54, 1.807) is 36.2 Å². The molecule has 1 amide bonds. The normalized spacial score (nSPS) is 10.9. The van der Waals surface area contributed by atoms with Crippen molar-refractivity contribution in [2.75, 3.05) is 13.6 Å². The molecule has 164 valence electrons. The summed E-state index contributed by atoms with van der Waals surface area (Å²) in [6.45, 7) is 2.65. The van der Waals surface area contributed by atoms with Crippen LogP contribution in [0.25, 0.3) is 5.69 Å². The van der Waals surface area contributed by atoms with Gasteiger partial charge >= 0.3 is 5.97 Å². The number of rotatable bonds is 11. The number of carbonyl (C=O) groups is 2. The zero-order valence-corrected chi connectivity index (χ0v) is 19.2. The number of unbranched alkanes of at least 4 members (excludes halogenated alkanes) is 2. The highest BCUT2D eigenvalue weighted by atomic mass is 32.2. The third-order valence-corrected chi connectivity index (χ3v) is 6.89. The van der Waals surface area contributed by atoms with Crippen molar-refractivity contribution in [2.45, 2.75) is 42.7 Å². The van der Waals surface area contributed by atoms with Gasteiger partial charge in [-0.05, 0) is 43.0 Å². The van der Waals surface area contributed by atoms with Gasteiger partial charge in [-0.25, -0.2) is 4.98 Å². The molecule has 0 unspecified atom stereocenters. The number of imidazole rings is 1. The van der Waals surface area contributed by atoms with E-state index in [9.17, 15) is 9.59 Å². The first kappa shape index (κ1) is 23.0. The number of amides is 1. The number of aliphatic carboxylic acids is 1. The maximum atomic E-state index is 12.5. The highest BCUT2D eigenvalue weighted by molar-refractivity contribution is 8.00. The number of benzene rings is 1. The predicted molar refractivity (Wildman–Crippen MR) is 121 cm³/mol. The Balaban J connectivity index is 1.49. The van der Waals surface area contributed by atoms with Crippen molar-refractivity contribution in [2.24, 2.45) is 0 Å². The lowest BCUT2D eigenvalue weighted by Crippen LogP contribution is -2.27. The molecule has 1 N–H and O–H groups in total. The molecular formula is C21H25N5O3S2. The molecule has 0 fully saturated rings. The van der Waals surface area contributed by atoms with Crippen molar-refractivity contribution >= 4 is 35.0 Å². The summed E-state index contributed by atoms with van der Waals surface area (Å²) in [5.41, 5.74) is 3.45. The number of nitrogens with zero attached hydrogens (tertiary/aromatic N) is 5. The lowest BCUT2D eigenvalue weighted by Gasteiger charge is -2.14. The van der Waals surface area contributed by atoms with Gasteiger partial charge in [0.2, 0.25) is 5.01 Å². The number of carbonyl (C=O) groups excluding carboxylic acids is 1. The van der Waals surface area contributed by atoms with E-state index < -0.39 is 5.97 Å². The third kappa shape index (κ3) is 6.63. The van der Waals surface area contributed by atoms with Gasteiger partial charge in [-0.3, -0.25) is 9.59 Å². The molecule has 2 aromatic heterocycles. The molecule has 31 heavy (non-hydrogen) atoms. The molecular weight excluding hydrogens is 434 g/mol. The number of aromatic nitrogens is 4. The van der Waals surface area contributed by atoms with Gasteiger partial charge in [0, 0.05) is 43.8 Å². The van der Waals surface area contributed by atoms with Crippen LogP contribution in [0.15, 0.2) is 41.3 Å². The van der Waals surface area contributed by atoms with Crippen LogP contribution in [0.2, 0.25) is 0 Å². The Kier molecular flexibility index (Phi) is 8.19. The minimum atomic E-state index is -0.785. The maximum absolute atomic E-state index is 12.5. The van der Waals surface area contributed by atoms with Crippen molar-refractivity contribution in [3.8, 4) is 5.69 Å². The van der Waals surface area contributed by atoms with E-state index in [1.165, 1.54) is 22.5 Å². The number of aryl methyl sites for hydroxylation is 1. The fraction of sp³-hybridized carbons (Fsp3) is 0.381. The van der Waals surface area contributed by atoms with Gasteiger partial charge < -0.3 is 14.6 Å². The van der Waals surface area contributed by atoms with Gasteiger partial charge in [0.15, 0.2) is 4.34 Å². The monoisotopic (exact) mass is 459 g/mol. The Morgan fingerprint density at radius 1 is 1.23 bits per heavy atom. The van der Waals surface area contributed by atoms with E-state index >= 15 is 0 Å². The average Bonchev–Trinajstić information content (AvgIpc) is 3.44. The first-order valence-corrected chi connectivity index (χ1v) is 11.8. The Morgan fingerprint density at radius 2 is 2.06 bits per heavy atom. The molecule has 3 aromatic rings. The summed E-state index contributed by atoms with van der Waals surface area (Å²) in [6.07, 6.45) is 7.78. The molecule has 0 bridgehead atoms. The van der Waals surface area contributed by atoms with Crippen LogP contribution >= 0.6 is 23.1 Å². The number of hydrogen-bond acceptors (Lipinski definition) is 7. The van der Waals surface area contributed by atoms with E-state index in [-0.39, 0.29) is 12.3 Å². The molecule has 0 saturated heterocycles. The van der Waals surface area contributed by atoms with E-state index in [4.69, 9.17) is 5.11 Å². The van der Waals surface area contributed by atoms with Crippen molar-refractivity contribution in [3.63, 3.8) is 0 Å². The molecule has 0 aliphatic heterocycles. The van der Waals surface area contributed by atoms with Crippen LogP contribution in [-0.4, -0.2) is 55.2 Å². The molecule has 0 aliphatic carbocycles. The summed E-state index contributed by atoms with van der Waals surface area (Å²) < 4.78 is 2.73. The van der Waals surface area contributed by atoms with Crippen LogP contribution in [0.1, 0.15) is 46.6 Å². The summed E-state index contributed by atoms with van der Waals surface area (Å²) in [5, 5.41) is 17.3. The fourth-order valence-corrected chi connectivity index (χ4v) is 4.90. The molecule has 0 atom stereocenters. The average molecular weight is 460 g/mol. The second kappa shape index (κ2) is 11.1. The Hall–Kier alpha value is -2.72. The minimum absolute atomic E-state index is 0.150. The Labute approximate surface area is 189 Å². The highest BCUT2D eigenvalue weighted by Crippen LogP contribution is 2.28.